The molecule has 2 aromatic carbocycles. The zero-order valence-electron chi connectivity index (χ0n) is 9.91. The molecule has 0 atom stereocenters. The highest BCUT2D eigenvalue weighted by Crippen LogP contribution is 2.35. The van der Waals surface area contributed by atoms with Crippen LogP contribution in [0.5, 0.6) is 11.5 Å². The Hall–Kier alpha value is -1.03. The van der Waals surface area contributed by atoms with Crippen molar-refractivity contribution in [1.29, 1.82) is 0 Å². The van der Waals surface area contributed by atoms with E-state index >= 15 is 0 Å². The summed E-state index contributed by atoms with van der Waals surface area (Å²) >= 11 is 9.58. The summed E-state index contributed by atoms with van der Waals surface area (Å²) in [4.78, 5) is 0. The number of hydrogen-bond donors (Lipinski definition) is 1. The van der Waals surface area contributed by atoms with E-state index in [-0.39, 0.29) is 0 Å². The van der Waals surface area contributed by atoms with Gasteiger partial charge in [0.15, 0.2) is 0 Å². The molecule has 0 aliphatic heterocycles. The highest BCUT2D eigenvalue weighted by Gasteiger charge is 2.10. The lowest BCUT2D eigenvalue weighted by Crippen LogP contribution is -2.00. The molecule has 0 aliphatic carbocycles. The van der Waals surface area contributed by atoms with E-state index in [1.165, 1.54) is 0 Å². The first-order chi connectivity index (χ1) is 8.61. The highest BCUT2D eigenvalue weighted by molar-refractivity contribution is 9.10. The molecule has 0 aromatic heterocycles. The Bertz CT molecular complexity index is 572. The van der Waals surface area contributed by atoms with Crippen molar-refractivity contribution in [3.63, 3.8) is 0 Å². The molecule has 0 saturated heterocycles. The summed E-state index contributed by atoms with van der Waals surface area (Å²) in [6, 6.07) is 11.4. The van der Waals surface area contributed by atoms with Gasteiger partial charge in [-0.15, -0.1) is 0 Å². The zero-order chi connectivity index (χ0) is 13.1. The monoisotopic (exact) mass is 325 g/mol. The molecule has 0 saturated carbocycles. The van der Waals surface area contributed by atoms with Gasteiger partial charge < -0.3 is 10.5 Å². The average molecular weight is 327 g/mol. The molecule has 2 nitrogen and oxygen atoms in total. The van der Waals surface area contributed by atoms with Crippen LogP contribution in [0.15, 0.2) is 40.9 Å². The Balaban J connectivity index is 2.42. The molecule has 0 heterocycles. The largest absolute Gasteiger partial charge is 0.455 e. The third-order valence-electron chi connectivity index (χ3n) is 2.63. The molecule has 18 heavy (non-hydrogen) atoms. The summed E-state index contributed by atoms with van der Waals surface area (Å²) in [5, 5.41) is 0.567. The van der Waals surface area contributed by atoms with Gasteiger partial charge in [0.25, 0.3) is 0 Å². The van der Waals surface area contributed by atoms with E-state index in [1.807, 2.05) is 37.3 Å². The molecule has 0 radical (unpaired) electrons. The Morgan fingerprint density at radius 2 is 2.06 bits per heavy atom. The van der Waals surface area contributed by atoms with Gasteiger partial charge in [-0.1, -0.05) is 45.7 Å². The van der Waals surface area contributed by atoms with E-state index in [2.05, 4.69) is 15.9 Å². The Morgan fingerprint density at radius 1 is 1.28 bits per heavy atom. The van der Waals surface area contributed by atoms with Crippen LogP contribution in [0, 0.1) is 6.92 Å². The number of para-hydroxylation sites is 1. The Kier molecular flexibility index (Phi) is 4.27. The summed E-state index contributed by atoms with van der Waals surface area (Å²) in [7, 11) is 0. The van der Waals surface area contributed by atoms with Gasteiger partial charge in [0.1, 0.15) is 11.5 Å². The maximum Gasteiger partial charge on any atom is 0.150 e. The number of halogens is 2. The van der Waals surface area contributed by atoms with Gasteiger partial charge in [-0.3, -0.25) is 0 Å². The highest BCUT2D eigenvalue weighted by atomic mass is 79.9. The van der Waals surface area contributed by atoms with Gasteiger partial charge in [0, 0.05) is 16.6 Å². The summed E-state index contributed by atoms with van der Waals surface area (Å²) in [5.74, 6) is 1.40. The molecule has 0 bridgehead atoms. The van der Waals surface area contributed by atoms with Crippen molar-refractivity contribution in [1.82, 2.24) is 0 Å². The van der Waals surface area contributed by atoms with Crippen LogP contribution in [0.2, 0.25) is 5.02 Å². The number of rotatable bonds is 3. The lowest BCUT2D eigenvalue weighted by Gasteiger charge is -2.13. The van der Waals surface area contributed by atoms with Crippen molar-refractivity contribution in [2.45, 2.75) is 13.5 Å². The summed E-state index contributed by atoms with van der Waals surface area (Å²) < 4.78 is 6.86. The molecular weight excluding hydrogens is 314 g/mol. The molecule has 0 aliphatic rings. The second kappa shape index (κ2) is 5.74. The number of hydrogen-bond acceptors (Lipinski definition) is 2. The Labute approximate surface area is 120 Å². The normalized spacial score (nSPS) is 10.4. The molecule has 0 spiro atoms. The lowest BCUT2D eigenvalue weighted by atomic mass is 10.2. The second-order valence-corrected chi connectivity index (χ2v) is 5.27. The number of nitrogens with two attached hydrogens (primary N) is 1. The summed E-state index contributed by atoms with van der Waals surface area (Å²) in [6.07, 6.45) is 0. The first-order valence-corrected chi connectivity index (χ1v) is 6.70. The molecule has 0 unspecified atom stereocenters. The molecule has 2 aromatic rings. The maximum absolute atomic E-state index is 6.16. The van der Waals surface area contributed by atoms with Crippen molar-refractivity contribution in [2.75, 3.05) is 0 Å². The quantitative estimate of drug-likeness (QED) is 0.890. The molecule has 0 amide bonds. The lowest BCUT2D eigenvalue weighted by molar-refractivity contribution is 0.472. The Morgan fingerprint density at radius 3 is 2.78 bits per heavy atom. The fourth-order valence-corrected chi connectivity index (χ4v) is 2.20. The van der Waals surface area contributed by atoms with Crippen LogP contribution in [-0.4, -0.2) is 0 Å². The van der Waals surface area contributed by atoms with Crippen LogP contribution in [0.1, 0.15) is 11.1 Å². The van der Waals surface area contributed by atoms with Crippen molar-refractivity contribution in [3.05, 3.63) is 57.0 Å². The minimum Gasteiger partial charge on any atom is -0.455 e. The third kappa shape index (κ3) is 2.86. The van der Waals surface area contributed by atoms with Crippen LogP contribution in [-0.2, 0) is 6.54 Å². The predicted molar refractivity (Wildman–Crippen MR) is 78.3 cm³/mol. The van der Waals surface area contributed by atoms with Gasteiger partial charge >= 0.3 is 0 Å². The molecular formula is C14H13BrClNO. The van der Waals surface area contributed by atoms with Crippen molar-refractivity contribution < 1.29 is 4.74 Å². The molecule has 2 rings (SSSR count). The first-order valence-electron chi connectivity index (χ1n) is 5.53. The van der Waals surface area contributed by atoms with Gasteiger partial charge in [-0.05, 0) is 30.7 Å². The number of benzene rings is 2. The smallest absolute Gasteiger partial charge is 0.150 e. The summed E-state index contributed by atoms with van der Waals surface area (Å²) in [5.41, 5.74) is 7.63. The van der Waals surface area contributed by atoms with E-state index in [4.69, 9.17) is 22.1 Å². The van der Waals surface area contributed by atoms with Crippen LogP contribution in [0.3, 0.4) is 0 Å². The standard InChI is InChI=1S/C14H13BrClNO/c1-9-5-6-11(15)7-13(9)18-14-10(8-17)3-2-4-12(14)16/h2-7H,8,17H2,1H3. The maximum atomic E-state index is 6.16. The molecule has 94 valence electrons. The molecule has 2 N–H and O–H groups in total. The minimum atomic E-state index is 0.392. The van der Waals surface area contributed by atoms with Crippen molar-refractivity contribution in [3.8, 4) is 11.5 Å². The fraction of sp³-hybridized carbons (Fsp3) is 0.143. The van der Waals surface area contributed by atoms with Gasteiger partial charge in [0.2, 0.25) is 0 Å². The average Bonchev–Trinajstić information content (AvgIpc) is 2.36. The SMILES string of the molecule is Cc1ccc(Br)cc1Oc1c(Cl)cccc1CN. The predicted octanol–water partition coefficient (Wildman–Crippen LogP) is 4.66. The first kappa shape index (κ1) is 13.4. The third-order valence-corrected chi connectivity index (χ3v) is 3.42. The van der Waals surface area contributed by atoms with Gasteiger partial charge in [-0.2, -0.15) is 0 Å². The van der Waals surface area contributed by atoms with E-state index in [0.29, 0.717) is 17.3 Å². The van der Waals surface area contributed by atoms with Crippen LogP contribution < -0.4 is 10.5 Å². The van der Waals surface area contributed by atoms with E-state index in [0.717, 1.165) is 21.3 Å². The topological polar surface area (TPSA) is 35.2 Å². The molecule has 4 heteroatoms. The minimum absolute atomic E-state index is 0.392. The number of aryl methyl sites for hydroxylation is 1. The molecule has 0 fully saturated rings. The van der Waals surface area contributed by atoms with Crippen LogP contribution >= 0.6 is 27.5 Å². The van der Waals surface area contributed by atoms with Crippen molar-refractivity contribution >= 4 is 27.5 Å². The van der Waals surface area contributed by atoms with Crippen LogP contribution in [0.25, 0.3) is 0 Å². The van der Waals surface area contributed by atoms with Gasteiger partial charge in [-0.25, -0.2) is 0 Å². The van der Waals surface area contributed by atoms with E-state index in [1.54, 1.807) is 6.07 Å². The van der Waals surface area contributed by atoms with Crippen molar-refractivity contribution in [2.24, 2.45) is 5.73 Å². The number of ether oxygens (including phenoxy) is 1. The summed E-state index contributed by atoms with van der Waals surface area (Å²) in [6.45, 7) is 2.38. The van der Waals surface area contributed by atoms with E-state index < -0.39 is 0 Å². The second-order valence-electron chi connectivity index (χ2n) is 3.94. The zero-order valence-corrected chi connectivity index (χ0v) is 12.3. The van der Waals surface area contributed by atoms with Crippen LogP contribution in [0.4, 0.5) is 0 Å². The van der Waals surface area contributed by atoms with E-state index in [9.17, 15) is 0 Å². The fourth-order valence-electron chi connectivity index (χ4n) is 1.62. The van der Waals surface area contributed by atoms with Gasteiger partial charge in [0.05, 0.1) is 5.02 Å².